The Kier molecular flexibility index (Phi) is 2.17. The number of aryl methyl sites for hydroxylation is 3. The van der Waals surface area contributed by atoms with Gasteiger partial charge in [0.05, 0.1) is 10.7 Å². The van der Waals surface area contributed by atoms with Crippen LogP contribution in [0.5, 0.6) is 0 Å². The molecule has 0 saturated carbocycles. The van der Waals surface area contributed by atoms with Crippen LogP contribution >= 0.6 is 22.7 Å². The molecular weight excluding hydrogens is 200 g/mol. The lowest BCUT2D eigenvalue weighted by atomic mass is 10.4. The first kappa shape index (κ1) is 8.84. The van der Waals surface area contributed by atoms with Crippen molar-refractivity contribution >= 4 is 22.7 Å². The summed E-state index contributed by atoms with van der Waals surface area (Å²) in [4.78, 5) is 10.1. The zero-order chi connectivity index (χ0) is 9.42. The van der Waals surface area contributed by atoms with Gasteiger partial charge in [-0.25, -0.2) is 9.97 Å². The fourth-order valence-electron chi connectivity index (χ4n) is 1.04. The van der Waals surface area contributed by atoms with Crippen molar-refractivity contribution in [1.82, 2.24) is 9.97 Å². The fraction of sp³-hybridized carbons (Fsp3) is 0.333. The largest absolute Gasteiger partial charge is 0.239 e. The molecule has 0 saturated heterocycles. The lowest BCUT2D eigenvalue weighted by Crippen LogP contribution is -1.77. The molecule has 0 fully saturated rings. The normalized spacial score (nSPS) is 10.7. The summed E-state index contributed by atoms with van der Waals surface area (Å²) in [5.41, 5.74) is 2.13. The van der Waals surface area contributed by atoms with Gasteiger partial charge in [-0.2, -0.15) is 0 Å². The first-order chi connectivity index (χ1) is 6.16. The standard InChI is InChI=1S/C9H10N2S2/c1-5-6(2)13-9(10-5)8-4-12-7(3)11-8/h4H,1-3H3. The monoisotopic (exact) mass is 210 g/mol. The van der Waals surface area contributed by atoms with Gasteiger partial charge in [-0.15, -0.1) is 22.7 Å². The number of rotatable bonds is 1. The minimum atomic E-state index is 1.02. The highest BCUT2D eigenvalue weighted by Crippen LogP contribution is 2.27. The Morgan fingerprint density at radius 2 is 1.92 bits per heavy atom. The maximum Gasteiger partial charge on any atom is 0.143 e. The second-order valence-electron chi connectivity index (χ2n) is 2.91. The Balaban J connectivity index is 2.46. The third kappa shape index (κ3) is 1.64. The SMILES string of the molecule is Cc1nc(-c2nc(C)c(C)s2)cs1. The molecule has 0 aliphatic rings. The second-order valence-corrected chi connectivity index (χ2v) is 5.18. The average molecular weight is 210 g/mol. The van der Waals surface area contributed by atoms with Crippen molar-refractivity contribution in [2.75, 3.05) is 0 Å². The van der Waals surface area contributed by atoms with Crippen LogP contribution in [0.4, 0.5) is 0 Å². The van der Waals surface area contributed by atoms with Crippen LogP contribution in [0.2, 0.25) is 0 Å². The molecule has 0 amide bonds. The molecule has 0 spiro atoms. The first-order valence-electron chi connectivity index (χ1n) is 4.03. The van der Waals surface area contributed by atoms with Gasteiger partial charge < -0.3 is 0 Å². The van der Waals surface area contributed by atoms with E-state index in [1.54, 1.807) is 22.7 Å². The van der Waals surface area contributed by atoms with Gasteiger partial charge in [-0.1, -0.05) is 0 Å². The van der Waals surface area contributed by atoms with Crippen molar-refractivity contribution in [3.63, 3.8) is 0 Å². The highest BCUT2D eigenvalue weighted by molar-refractivity contribution is 7.15. The van der Waals surface area contributed by atoms with Crippen molar-refractivity contribution in [2.24, 2.45) is 0 Å². The molecule has 2 rings (SSSR count). The number of aromatic nitrogens is 2. The smallest absolute Gasteiger partial charge is 0.143 e. The van der Waals surface area contributed by atoms with E-state index in [0.717, 1.165) is 21.4 Å². The van der Waals surface area contributed by atoms with Gasteiger partial charge in [0, 0.05) is 10.3 Å². The molecule has 2 nitrogen and oxygen atoms in total. The van der Waals surface area contributed by atoms with E-state index in [9.17, 15) is 0 Å². The van der Waals surface area contributed by atoms with Crippen LogP contribution in [0, 0.1) is 20.8 Å². The summed E-state index contributed by atoms with van der Waals surface area (Å²) in [5.74, 6) is 0. The zero-order valence-corrected chi connectivity index (χ0v) is 9.42. The number of thiazole rings is 2. The van der Waals surface area contributed by atoms with E-state index in [1.165, 1.54) is 4.88 Å². The van der Waals surface area contributed by atoms with Gasteiger partial charge >= 0.3 is 0 Å². The van der Waals surface area contributed by atoms with E-state index >= 15 is 0 Å². The van der Waals surface area contributed by atoms with Crippen molar-refractivity contribution in [3.05, 3.63) is 21.0 Å². The van der Waals surface area contributed by atoms with E-state index in [2.05, 4.69) is 22.3 Å². The van der Waals surface area contributed by atoms with Crippen molar-refractivity contribution in [1.29, 1.82) is 0 Å². The molecule has 2 aromatic rings. The van der Waals surface area contributed by atoms with E-state index in [4.69, 9.17) is 0 Å². The van der Waals surface area contributed by atoms with Gasteiger partial charge in [-0.3, -0.25) is 0 Å². The van der Waals surface area contributed by atoms with Crippen molar-refractivity contribution in [3.8, 4) is 10.7 Å². The molecule has 0 unspecified atom stereocenters. The van der Waals surface area contributed by atoms with Gasteiger partial charge in [0.1, 0.15) is 10.7 Å². The average Bonchev–Trinajstić information content (AvgIpc) is 2.61. The van der Waals surface area contributed by atoms with E-state index in [1.807, 2.05) is 13.8 Å². The van der Waals surface area contributed by atoms with E-state index in [0.29, 0.717) is 0 Å². The predicted octanol–water partition coefficient (Wildman–Crippen LogP) is 3.19. The number of hydrogen-bond donors (Lipinski definition) is 0. The van der Waals surface area contributed by atoms with Crippen LogP contribution in [0.3, 0.4) is 0 Å². The first-order valence-corrected chi connectivity index (χ1v) is 5.73. The number of hydrogen-bond acceptors (Lipinski definition) is 4. The van der Waals surface area contributed by atoms with Crippen molar-refractivity contribution in [2.45, 2.75) is 20.8 Å². The van der Waals surface area contributed by atoms with Gasteiger partial charge in [-0.05, 0) is 20.8 Å². The summed E-state index contributed by atoms with van der Waals surface area (Å²) in [7, 11) is 0. The number of nitrogens with zero attached hydrogens (tertiary/aromatic N) is 2. The lowest BCUT2D eigenvalue weighted by Gasteiger charge is -1.84. The Morgan fingerprint density at radius 1 is 1.15 bits per heavy atom. The Hall–Kier alpha value is -0.740. The molecule has 0 aliphatic carbocycles. The van der Waals surface area contributed by atoms with Gasteiger partial charge in [0.2, 0.25) is 0 Å². The van der Waals surface area contributed by atoms with Crippen molar-refractivity contribution < 1.29 is 0 Å². The van der Waals surface area contributed by atoms with Crippen LogP contribution < -0.4 is 0 Å². The Labute approximate surface area is 85.3 Å². The molecular formula is C9H10N2S2. The molecule has 2 aromatic heterocycles. The summed E-state index contributed by atoms with van der Waals surface area (Å²) in [6.45, 7) is 6.14. The molecule has 0 atom stereocenters. The molecule has 0 aliphatic heterocycles. The molecule has 0 N–H and O–H groups in total. The minimum absolute atomic E-state index is 1.02. The maximum absolute atomic E-state index is 4.46. The molecule has 0 radical (unpaired) electrons. The van der Waals surface area contributed by atoms with E-state index in [-0.39, 0.29) is 0 Å². The van der Waals surface area contributed by atoms with Crippen LogP contribution in [0.15, 0.2) is 5.38 Å². The van der Waals surface area contributed by atoms with Crippen LogP contribution in [0.1, 0.15) is 15.6 Å². The molecule has 13 heavy (non-hydrogen) atoms. The topological polar surface area (TPSA) is 25.8 Å². The molecule has 0 bridgehead atoms. The quantitative estimate of drug-likeness (QED) is 0.722. The Morgan fingerprint density at radius 3 is 2.38 bits per heavy atom. The molecule has 2 heterocycles. The van der Waals surface area contributed by atoms with Gasteiger partial charge in [0.25, 0.3) is 0 Å². The van der Waals surface area contributed by atoms with Crippen LogP contribution in [-0.4, -0.2) is 9.97 Å². The van der Waals surface area contributed by atoms with Crippen LogP contribution in [0.25, 0.3) is 10.7 Å². The second kappa shape index (κ2) is 3.20. The third-order valence-corrected chi connectivity index (χ3v) is 3.74. The highest BCUT2D eigenvalue weighted by atomic mass is 32.1. The summed E-state index contributed by atoms with van der Waals surface area (Å²) in [5, 5.41) is 4.20. The molecule has 4 heteroatoms. The predicted molar refractivity (Wildman–Crippen MR) is 57.4 cm³/mol. The molecule has 68 valence electrons. The molecule has 0 aromatic carbocycles. The summed E-state index contributed by atoms with van der Waals surface area (Å²) >= 11 is 3.38. The van der Waals surface area contributed by atoms with Gasteiger partial charge in [0.15, 0.2) is 0 Å². The zero-order valence-electron chi connectivity index (χ0n) is 7.79. The maximum atomic E-state index is 4.46. The lowest BCUT2D eigenvalue weighted by molar-refractivity contribution is 1.21. The highest BCUT2D eigenvalue weighted by Gasteiger charge is 2.08. The summed E-state index contributed by atoms with van der Waals surface area (Å²) in [6.07, 6.45) is 0. The summed E-state index contributed by atoms with van der Waals surface area (Å²) < 4.78 is 0. The minimum Gasteiger partial charge on any atom is -0.239 e. The third-order valence-electron chi connectivity index (χ3n) is 1.87. The van der Waals surface area contributed by atoms with E-state index < -0.39 is 0 Å². The van der Waals surface area contributed by atoms with Crippen LogP contribution in [-0.2, 0) is 0 Å². The Bertz CT molecular complexity index is 409. The summed E-state index contributed by atoms with van der Waals surface area (Å²) in [6, 6.07) is 0. The fourth-order valence-corrected chi connectivity index (χ4v) is 2.59.